The molecule has 0 spiro atoms. The third-order valence-electron chi connectivity index (χ3n) is 2.80. The number of rotatable bonds is 6. The fraction of sp³-hybridized carbons (Fsp3) is 0.727. The van der Waals surface area contributed by atoms with Crippen molar-refractivity contribution in [1.29, 1.82) is 0 Å². The number of aliphatic hydroxyl groups is 5. The zero-order valence-electron chi connectivity index (χ0n) is 11.4. The molecule has 0 aromatic heterocycles. The molecule has 0 aromatic rings. The second-order valence-electron chi connectivity index (χ2n) is 4.51. The molecule has 22 heavy (non-hydrogen) atoms. The van der Waals surface area contributed by atoms with Crippen LogP contribution in [0.3, 0.4) is 0 Å². The van der Waals surface area contributed by atoms with Crippen LogP contribution in [0, 0.1) is 0 Å². The van der Waals surface area contributed by atoms with E-state index in [1.54, 1.807) is 0 Å². The number of aliphatic hydroxyl groups excluding tert-OH is 5. The Labute approximate surface area is 124 Å². The Hall–Kier alpha value is -1.79. The van der Waals surface area contributed by atoms with E-state index >= 15 is 0 Å². The Morgan fingerprint density at radius 3 is 1.95 bits per heavy atom. The van der Waals surface area contributed by atoms with Crippen LogP contribution in [0.5, 0.6) is 0 Å². The minimum Gasteiger partial charge on any atom is -0.480 e. The molecule has 1 amide bonds. The van der Waals surface area contributed by atoms with E-state index in [4.69, 9.17) is 35.7 Å². The quantitative estimate of drug-likeness (QED) is 0.236. The van der Waals surface area contributed by atoms with Gasteiger partial charge < -0.3 is 41.1 Å². The first-order valence-corrected chi connectivity index (χ1v) is 6.19. The van der Waals surface area contributed by atoms with Crippen LogP contribution >= 0.6 is 0 Å². The van der Waals surface area contributed by atoms with Gasteiger partial charge in [-0.2, -0.15) is 0 Å². The van der Waals surface area contributed by atoms with Crippen molar-refractivity contribution < 1.29 is 50.1 Å². The van der Waals surface area contributed by atoms with Gasteiger partial charge in [0.15, 0.2) is 6.10 Å². The van der Waals surface area contributed by atoms with Gasteiger partial charge in [-0.25, -0.2) is 9.59 Å². The van der Waals surface area contributed by atoms with Crippen LogP contribution in [0.2, 0.25) is 0 Å². The van der Waals surface area contributed by atoms with Gasteiger partial charge in [0, 0.05) is 6.42 Å². The van der Waals surface area contributed by atoms with Crippen LogP contribution in [0.15, 0.2) is 0 Å². The molecule has 1 saturated heterocycles. The van der Waals surface area contributed by atoms with Crippen LogP contribution in [0.25, 0.3) is 0 Å². The van der Waals surface area contributed by atoms with Gasteiger partial charge in [-0.05, 0) is 6.42 Å². The van der Waals surface area contributed by atoms with Gasteiger partial charge in [0.1, 0.15) is 24.4 Å². The topological polar surface area (TPSA) is 205 Å². The Bertz CT molecular complexity index is 400. The summed E-state index contributed by atoms with van der Waals surface area (Å²) in [5, 5.41) is 62.4. The number of carboxylic acids is 2. The van der Waals surface area contributed by atoms with Crippen LogP contribution in [0.1, 0.15) is 12.8 Å². The fourth-order valence-corrected chi connectivity index (χ4v) is 1.47. The third kappa shape index (κ3) is 6.32. The van der Waals surface area contributed by atoms with E-state index in [-0.39, 0.29) is 5.91 Å². The van der Waals surface area contributed by atoms with Gasteiger partial charge in [0.05, 0.1) is 6.61 Å². The van der Waals surface area contributed by atoms with Crippen molar-refractivity contribution in [3.8, 4) is 0 Å². The predicted molar refractivity (Wildman–Crippen MR) is 67.5 cm³/mol. The summed E-state index contributed by atoms with van der Waals surface area (Å²) in [6.07, 6.45) is -7.07. The fourth-order valence-electron chi connectivity index (χ4n) is 1.47. The maximum absolute atomic E-state index is 10.4. The summed E-state index contributed by atoms with van der Waals surface area (Å²) in [5.41, 5.74) is 0. The van der Waals surface area contributed by atoms with Gasteiger partial charge in [-0.3, -0.25) is 4.79 Å². The normalized spacial score (nSPS) is 22.6. The van der Waals surface area contributed by atoms with E-state index in [2.05, 4.69) is 5.32 Å². The molecule has 1 rings (SSSR count). The molecule has 8 N–H and O–H groups in total. The number of aliphatic carboxylic acids is 2. The zero-order chi connectivity index (χ0) is 17.4. The van der Waals surface area contributed by atoms with E-state index in [1.807, 2.05) is 0 Å². The van der Waals surface area contributed by atoms with Crippen LogP contribution in [-0.2, 0) is 14.4 Å². The predicted octanol–water partition coefficient (Wildman–Crippen LogP) is -4.14. The Morgan fingerprint density at radius 2 is 1.68 bits per heavy atom. The van der Waals surface area contributed by atoms with Gasteiger partial charge in [0.25, 0.3) is 0 Å². The Balaban J connectivity index is 0.000000425. The molecular formula is C11H19NO10. The number of carbonyl (C=O) groups is 3. The van der Waals surface area contributed by atoms with Gasteiger partial charge in [-0.1, -0.05) is 0 Å². The molecule has 11 heteroatoms. The summed E-state index contributed by atoms with van der Waals surface area (Å²) >= 11 is 0. The summed E-state index contributed by atoms with van der Waals surface area (Å²) in [6.45, 7) is -0.843. The summed E-state index contributed by atoms with van der Waals surface area (Å²) < 4.78 is 0. The molecule has 11 nitrogen and oxygen atoms in total. The summed E-state index contributed by atoms with van der Waals surface area (Å²) in [6, 6.07) is -0.641. The third-order valence-corrected chi connectivity index (χ3v) is 2.80. The van der Waals surface area contributed by atoms with Gasteiger partial charge >= 0.3 is 11.9 Å². The molecule has 1 fully saturated rings. The lowest BCUT2D eigenvalue weighted by Gasteiger charge is -2.23. The van der Waals surface area contributed by atoms with Crippen molar-refractivity contribution in [2.45, 2.75) is 43.3 Å². The average Bonchev–Trinajstić information content (AvgIpc) is 2.91. The summed E-state index contributed by atoms with van der Waals surface area (Å²) in [5.74, 6) is -2.83. The number of nitrogens with one attached hydrogen (secondary N) is 1. The molecule has 0 radical (unpaired) electrons. The van der Waals surface area contributed by atoms with Crippen LogP contribution < -0.4 is 5.32 Å². The van der Waals surface area contributed by atoms with E-state index in [1.165, 1.54) is 0 Å². The standard InChI is InChI=1S/C6H12O7.C5H7NO3/c7-1-2(8)3(9)4(10)5(11)6(12)13;7-4-2-1-3(6-4)5(8)9/h2-5,7-11H,1H2,(H,12,13);3H,1-2H2,(H,6,7)(H,8,9)/t2-,3-,4+,5-;/m1./s1. The maximum atomic E-state index is 10.4. The largest absolute Gasteiger partial charge is 0.480 e. The molecule has 1 unspecified atom stereocenters. The zero-order valence-corrected chi connectivity index (χ0v) is 11.4. The molecule has 0 aliphatic carbocycles. The smallest absolute Gasteiger partial charge is 0.335 e. The van der Waals surface area contributed by atoms with Gasteiger partial charge in [-0.15, -0.1) is 0 Å². The average molecular weight is 325 g/mol. The van der Waals surface area contributed by atoms with Crippen molar-refractivity contribution in [3.05, 3.63) is 0 Å². The molecule has 1 aliphatic heterocycles. The summed E-state index contributed by atoms with van der Waals surface area (Å²) in [7, 11) is 0. The second kappa shape index (κ2) is 9.27. The number of carboxylic acid groups (broad SMARTS) is 2. The first-order valence-electron chi connectivity index (χ1n) is 6.19. The van der Waals surface area contributed by atoms with Gasteiger partial charge in [0.2, 0.25) is 5.91 Å². The van der Waals surface area contributed by atoms with E-state index in [0.717, 1.165) is 0 Å². The molecule has 0 aromatic carbocycles. The van der Waals surface area contributed by atoms with Crippen molar-refractivity contribution in [1.82, 2.24) is 5.32 Å². The monoisotopic (exact) mass is 325 g/mol. The number of hydrogen-bond acceptors (Lipinski definition) is 8. The molecule has 128 valence electrons. The first-order chi connectivity index (χ1) is 10.1. The lowest BCUT2D eigenvalue weighted by atomic mass is 10.0. The SMILES string of the molecule is O=C(O)[C@H](O)[C@@H](O)[C@H](O)[C@H](O)CO.O=C1CCC(C(=O)O)N1. The van der Waals surface area contributed by atoms with E-state index < -0.39 is 49.0 Å². The number of hydrogen-bond donors (Lipinski definition) is 8. The highest BCUT2D eigenvalue weighted by atomic mass is 16.4. The minimum atomic E-state index is -2.20. The molecular weight excluding hydrogens is 306 g/mol. The molecule has 5 atom stereocenters. The Morgan fingerprint density at radius 1 is 1.14 bits per heavy atom. The highest BCUT2D eigenvalue weighted by Crippen LogP contribution is 2.05. The lowest BCUT2D eigenvalue weighted by molar-refractivity contribution is -0.164. The summed E-state index contributed by atoms with van der Waals surface area (Å²) in [4.78, 5) is 30.6. The van der Waals surface area contributed by atoms with Crippen molar-refractivity contribution in [2.24, 2.45) is 0 Å². The van der Waals surface area contributed by atoms with Crippen molar-refractivity contribution in [3.63, 3.8) is 0 Å². The maximum Gasteiger partial charge on any atom is 0.335 e. The van der Waals surface area contributed by atoms with Crippen molar-refractivity contribution >= 4 is 17.8 Å². The first kappa shape index (κ1) is 20.2. The molecule has 0 bridgehead atoms. The second-order valence-corrected chi connectivity index (χ2v) is 4.51. The van der Waals surface area contributed by atoms with Crippen molar-refractivity contribution in [2.75, 3.05) is 6.61 Å². The highest BCUT2D eigenvalue weighted by Gasteiger charge is 2.33. The molecule has 0 saturated carbocycles. The van der Waals surface area contributed by atoms with Crippen LogP contribution in [0.4, 0.5) is 0 Å². The highest BCUT2D eigenvalue weighted by molar-refractivity contribution is 5.87. The Kier molecular flexibility index (Phi) is 8.52. The minimum absolute atomic E-state index is 0.164. The molecule has 1 heterocycles. The number of carbonyl (C=O) groups excluding carboxylic acids is 1. The molecule has 1 aliphatic rings. The van der Waals surface area contributed by atoms with Crippen LogP contribution in [-0.4, -0.2) is 90.7 Å². The number of amides is 1. The van der Waals surface area contributed by atoms with E-state index in [0.29, 0.717) is 12.8 Å². The lowest BCUT2D eigenvalue weighted by Crippen LogP contribution is -2.48. The van der Waals surface area contributed by atoms with E-state index in [9.17, 15) is 14.4 Å².